The van der Waals surface area contributed by atoms with Gasteiger partial charge in [-0.3, -0.25) is 5.10 Å². The molecule has 0 fully saturated rings. The Morgan fingerprint density at radius 1 is 0.459 bits per heavy atom. The van der Waals surface area contributed by atoms with Crippen molar-refractivity contribution in [1.29, 1.82) is 0 Å². The molecule has 0 saturated heterocycles. The lowest BCUT2D eigenvalue weighted by atomic mass is 10.0. The van der Waals surface area contributed by atoms with Crippen molar-refractivity contribution in [2.75, 3.05) is 0 Å². The SMILES string of the molecule is Cc1ccccc1.c1ccc(-c2n[nH]c(-c3cccc4c(-n5c6ccccc6c6c5ccc5c7c8oc9ccccc9c8ccc7n(-c7ccccc7)c56)cccc34)n2)cc1. The van der Waals surface area contributed by atoms with Gasteiger partial charge in [-0.05, 0) is 66.9 Å². The Morgan fingerprint density at radius 2 is 1.10 bits per heavy atom. The third-order valence-electron chi connectivity index (χ3n) is 11.9. The lowest BCUT2D eigenvalue weighted by Crippen LogP contribution is -1.97. The monoisotopic (exact) mass is 783 g/mol. The minimum Gasteiger partial charge on any atom is -0.455 e. The summed E-state index contributed by atoms with van der Waals surface area (Å²) in [6, 6.07) is 70.2. The number of hydrogen-bond donors (Lipinski definition) is 1. The first kappa shape index (κ1) is 34.8. The number of hydrogen-bond acceptors (Lipinski definition) is 3. The second-order valence-corrected chi connectivity index (χ2v) is 15.5. The Hall–Kier alpha value is -8.22. The first-order valence-electron chi connectivity index (χ1n) is 20.6. The second kappa shape index (κ2) is 14.0. The van der Waals surface area contributed by atoms with Gasteiger partial charge in [0.2, 0.25) is 0 Å². The Balaban J connectivity index is 0.000000521. The summed E-state index contributed by atoms with van der Waals surface area (Å²) in [5, 5.41) is 17.0. The second-order valence-electron chi connectivity index (χ2n) is 15.5. The maximum absolute atomic E-state index is 6.69. The molecule has 4 aromatic heterocycles. The molecule has 0 aliphatic rings. The van der Waals surface area contributed by atoms with E-state index >= 15 is 0 Å². The number of nitrogens with zero attached hydrogens (tertiary/aromatic N) is 4. The van der Waals surface area contributed by atoms with Crippen molar-refractivity contribution in [2.45, 2.75) is 6.92 Å². The average Bonchev–Trinajstić information content (AvgIpc) is 4.11. The number of H-pyrrole nitrogens is 1. The third-order valence-corrected chi connectivity index (χ3v) is 11.9. The van der Waals surface area contributed by atoms with Gasteiger partial charge in [0.1, 0.15) is 11.2 Å². The standard InChI is InChI=1S/C48H29N5O.C7H8/c1-3-13-29(14-4-1)47-49-48(51-50-47)35-21-11-20-32-31(35)19-12-23-38(32)53-39-22-9-7-18-36(39)43-40(53)28-26-37-44-41(52(45(37)43)30-15-5-2-6-16-30)27-25-34-33-17-8-10-24-42(33)54-46(34)44;1-7-5-3-2-4-6-7/h1-28H,(H,49,50,51);2-6H,1H3. The van der Waals surface area contributed by atoms with Gasteiger partial charge in [-0.2, -0.15) is 5.10 Å². The van der Waals surface area contributed by atoms with Gasteiger partial charge in [0.25, 0.3) is 0 Å². The van der Waals surface area contributed by atoms with Gasteiger partial charge in [-0.1, -0.05) is 151 Å². The highest BCUT2D eigenvalue weighted by molar-refractivity contribution is 6.31. The molecule has 0 bridgehead atoms. The van der Waals surface area contributed by atoms with E-state index in [4.69, 9.17) is 9.40 Å². The van der Waals surface area contributed by atoms with Crippen molar-refractivity contribution in [1.82, 2.24) is 24.3 Å². The molecule has 13 rings (SSSR count). The topological polar surface area (TPSA) is 64.6 Å². The summed E-state index contributed by atoms with van der Waals surface area (Å²) >= 11 is 0. The predicted octanol–water partition coefficient (Wildman–Crippen LogP) is 14.4. The van der Waals surface area contributed by atoms with E-state index in [1.54, 1.807) is 0 Å². The van der Waals surface area contributed by atoms with Gasteiger partial charge in [0.05, 0.1) is 33.1 Å². The number of rotatable bonds is 4. The molecule has 0 unspecified atom stereocenters. The van der Waals surface area contributed by atoms with Crippen molar-refractivity contribution in [3.8, 4) is 34.2 Å². The number of benzene rings is 9. The highest BCUT2D eigenvalue weighted by Gasteiger charge is 2.24. The number of aromatic amines is 1. The van der Waals surface area contributed by atoms with Gasteiger partial charge < -0.3 is 13.6 Å². The number of nitrogens with one attached hydrogen (secondary N) is 1. The molecular formula is C55H37N5O. The summed E-state index contributed by atoms with van der Waals surface area (Å²) in [6.07, 6.45) is 0. The van der Waals surface area contributed by atoms with E-state index < -0.39 is 0 Å². The van der Waals surface area contributed by atoms with Gasteiger partial charge in [0.15, 0.2) is 11.6 Å². The Labute approximate surface area is 350 Å². The van der Waals surface area contributed by atoms with Crippen LogP contribution in [0.25, 0.3) is 110 Å². The van der Waals surface area contributed by atoms with Crippen molar-refractivity contribution in [3.63, 3.8) is 0 Å². The van der Waals surface area contributed by atoms with E-state index in [1.807, 2.05) is 54.6 Å². The summed E-state index contributed by atoms with van der Waals surface area (Å²) < 4.78 is 11.5. The molecule has 6 nitrogen and oxygen atoms in total. The van der Waals surface area contributed by atoms with Crippen LogP contribution >= 0.6 is 0 Å². The van der Waals surface area contributed by atoms with Crippen LogP contribution in [0.2, 0.25) is 0 Å². The van der Waals surface area contributed by atoms with Crippen molar-refractivity contribution in [3.05, 3.63) is 206 Å². The van der Waals surface area contributed by atoms with Crippen molar-refractivity contribution < 1.29 is 4.42 Å². The molecule has 61 heavy (non-hydrogen) atoms. The van der Waals surface area contributed by atoms with Gasteiger partial charge >= 0.3 is 0 Å². The summed E-state index contributed by atoms with van der Waals surface area (Å²) in [5.41, 5.74) is 11.9. The predicted molar refractivity (Wildman–Crippen MR) is 252 cm³/mol. The summed E-state index contributed by atoms with van der Waals surface area (Å²) in [6.45, 7) is 2.08. The minimum absolute atomic E-state index is 0.680. The van der Waals surface area contributed by atoms with Gasteiger partial charge in [0, 0.05) is 49.1 Å². The quantitative estimate of drug-likeness (QED) is 0.193. The number of fused-ring (bicyclic) bond motifs is 12. The number of aryl methyl sites for hydroxylation is 1. The molecule has 0 amide bonds. The number of aromatic nitrogens is 5. The van der Waals surface area contributed by atoms with Crippen LogP contribution in [0.3, 0.4) is 0 Å². The third kappa shape index (κ3) is 5.50. The van der Waals surface area contributed by atoms with Crippen LogP contribution in [0.5, 0.6) is 0 Å². The van der Waals surface area contributed by atoms with Crippen molar-refractivity contribution >= 4 is 76.3 Å². The van der Waals surface area contributed by atoms with E-state index in [1.165, 1.54) is 16.3 Å². The Bertz CT molecular complexity index is 3760. The Morgan fingerprint density at radius 3 is 1.89 bits per heavy atom. The fourth-order valence-corrected chi connectivity index (χ4v) is 9.25. The first-order valence-corrected chi connectivity index (χ1v) is 20.6. The molecule has 0 radical (unpaired) electrons. The molecule has 0 aliphatic heterocycles. The minimum atomic E-state index is 0.680. The molecule has 0 spiro atoms. The van der Waals surface area contributed by atoms with Crippen LogP contribution in [0.1, 0.15) is 5.56 Å². The van der Waals surface area contributed by atoms with Crippen LogP contribution in [0.4, 0.5) is 0 Å². The first-order chi connectivity index (χ1) is 30.2. The lowest BCUT2D eigenvalue weighted by Gasteiger charge is -2.13. The molecule has 13 aromatic rings. The highest BCUT2D eigenvalue weighted by atomic mass is 16.3. The Kier molecular flexibility index (Phi) is 7.96. The number of furan rings is 1. The zero-order chi connectivity index (χ0) is 40.4. The maximum Gasteiger partial charge on any atom is 0.181 e. The van der Waals surface area contributed by atoms with Gasteiger partial charge in [-0.25, -0.2) is 4.98 Å². The van der Waals surface area contributed by atoms with E-state index in [2.05, 4.69) is 172 Å². The molecule has 6 heteroatoms. The van der Waals surface area contributed by atoms with Crippen molar-refractivity contribution in [2.24, 2.45) is 0 Å². The normalized spacial score (nSPS) is 11.7. The van der Waals surface area contributed by atoms with Crippen LogP contribution in [0, 0.1) is 6.92 Å². The van der Waals surface area contributed by atoms with E-state index in [-0.39, 0.29) is 0 Å². The molecule has 0 saturated carbocycles. The molecule has 4 heterocycles. The zero-order valence-electron chi connectivity index (χ0n) is 33.2. The van der Waals surface area contributed by atoms with E-state index in [9.17, 15) is 0 Å². The maximum atomic E-state index is 6.69. The summed E-state index contributed by atoms with van der Waals surface area (Å²) in [5.74, 6) is 1.42. The zero-order valence-corrected chi connectivity index (χ0v) is 33.2. The fraction of sp³-hybridized carbons (Fsp3) is 0.0182. The molecule has 9 aromatic carbocycles. The molecular weight excluding hydrogens is 747 g/mol. The summed E-state index contributed by atoms with van der Waals surface area (Å²) in [4.78, 5) is 4.94. The van der Waals surface area contributed by atoms with Crippen LogP contribution < -0.4 is 0 Å². The largest absolute Gasteiger partial charge is 0.455 e. The van der Waals surface area contributed by atoms with E-state index in [0.29, 0.717) is 5.82 Å². The van der Waals surface area contributed by atoms with E-state index in [0.717, 1.165) is 93.9 Å². The van der Waals surface area contributed by atoms with Crippen LogP contribution in [0.15, 0.2) is 205 Å². The van der Waals surface area contributed by atoms with Gasteiger partial charge in [-0.15, -0.1) is 0 Å². The van der Waals surface area contributed by atoms with Crippen LogP contribution in [-0.2, 0) is 0 Å². The molecule has 0 aliphatic carbocycles. The lowest BCUT2D eigenvalue weighted by molar-refractivity contribution is 0.673. The summed E-state index contributed by atoms with van der Waals surface area (Å²) in [7, 11) is 0. The smallest absolute Gasteiger partial charge is 0.181 e. The average molecular weight is 784 g/mol. The highest BCUT2D eigenvalue weighted by Crippen LogP contribution is 2.46. The van der Waals surface area contributed by atoms with Crippen LogP contribution in [-0.4, -0.2) is 24.3 Å². The fourth-order valence-electron chi connectivity index (χ4n) is 9.25. The molecule has 0 atom stereocenters. The molecule has 288 valence electrons. The number of para-hydroxylation sites is 3. The molecule has 1 N–H and O–H groups in total.